The van der Waals surface area contributed by atoms with Gasteiger partial charge >= 0.3 is 9.05 Å². The second kappa shape index (κ2) is 6.60. The van der Waals surface area contributed by atoms with Crippen LogP contribution < -0.4 is 0 Å². The fourth-order valence-electron chi connectivity index (χ4n) is 1.12. The van der Waals surface area contributed by atoms with Crippen molar-refractivity contribution in [1.29, 1.82) is 0 Å². The molecule has 0 radical (unpaired) electrons. The molecule has 0 spiro atoms. The van der Waals surface area contributed by atoms with E-state index in [2.05, 4.69) is 0 Å². The molecule has 0 aromatic carbocycles. The van der Waals surface area contributed by atoms with Gasteiger partial charge in [0, 0.05) is 19.8 Å². The highest BCUT2D eigenvalue weighted by atomic mass is 28.4. The Hall–Kier alpha value is 0.0569. The third-order valence-corrected chi connectivity index (χ3v) is 4.18. The average Bonchev–Trinajstić information content (AvgIpc) is 2.01. The Bertz CT molecular complexity index is 150. The van der Waals surface area contributed by atoms with E-state index in [9.17, 15) is 0 Å². The van der Waals surface area contributed by atoms with Crippen molar-refractivity contribution in [2.45, 2.75) is 47.1 Å². The maximum atomic E-state index is 5.82. The van der Waals surface area contributed by atoms with Gasteiger partial charge in [0.05, 0.1) is 5.60 Å². The van der Waals surface area contributed by atoms with E-state index in [1.54, 1.807) is 0 Å². The van der Waals surface area contributed by atoms with E-state index in [1.165, 1.54) is 0 Å². The largest absolute Gasteiger partial charge is 0.680 e. The molecule has 0 heterocycles. The minimum atomic E-state index is -2.93. The summed E-state index contributed by atoms with van der Waals surface area (Å²) in [5.74, 6) is 0. The van der Waals surface area contributed by atoms with E-state index in [0.29, 0.717) is 19.8 Å². The van der Waals surface area contributed by atoms with Crippen molar-refractivity contribution in [3.8, 4) is 0 Å². The van der Waals surface area contributed by atoms with Gasteiger partial charge in [-0.3, -0.25) is 0 Å². The quantitative estimate of drug-likeness (QED) is 0.636. The van der Waals surface area contributed by atoms with Crippen LogP contribution in [0.3, 0.4) is 0 Å². The van der Waals surface area contributed by atoms with Gasteiger partial charge in [0.15, 0.2) is 0 Å². The van der Waals surface area contributed by atoms with Crippen molar-refractivity contribution in [1.82, 2.24) is 0 Å². The molecule has 0 aromatic heterocycles. The molecule has 0 N–H and O–H groups in total. The summed E-state index contributed by atoms with van der Waals surface area (Å²) in [6.07, 6.45) is 0. The zero-order valence-corrected chi connectivity index (χ0v) is 11.8. The molecular formula is C10H24O4Si. The van der Waals surface area contributed by atoms with Gasteiger partial charge in [-0.2, -0.15) is 0 Å². The highest BCUT2D eigenvalue weighted by molar-refractivity contribution is 6.53. The molecule has 0 atom stereocenters. The first-order valence-corrected chi connectivity index (χ1v) is 7.14. The van der Waals surface area contributed by atoms with Crippen LogP contribution in [0.1, 0.15) is 41.5 Å². The molecule has 0 unspecified atom stereocenters. The van der Waals surface area contributed by atoms with Crippen molar-refractivity contribution < 1.29 is 17.7 Å². The second-order valence-corrected chi connectivity index (χ2v) is 6.08. The van der Waals surface area contributed by atoms with Gasteiger partial charge in [0.2, 0.25) is 0 Å². The first-order chi connectivity index (χ1) is 6.89. The number of hydrogen-bond donors (Lipinski definition) is 0. The Morgan fingerprint density at radius 3 is 1.33 bits per heavy atom. The van der Waals surface area contributed by atoms with Gasteiger partial charge < -0.3 is 17.7 Å². The zero-order valence-electron chi connectivity index (χ0n) is 10.8. The molecule has 0 amide bonds. The monoisotopic (exact) mass is 236 g/mol. The molecule has 0 rings (SSSR count). The molecule has 0 fully saturated rings. The zero-order chi connectivity index (χ0) is 11.9. The van der Waals surface area contributed by atoms with Crippen molar-refractivity contribution in [3.63, 3.8) is 0 Å². The molecule has 5 heteroatoms. The lowest BCUT2D eigenvalue weighted by atomic mass is 10.2. The molecule has 0 aromatic rings. The fourth-order valence-corrected chi connectivity index (χ4v) is 3.36. The lowest BCUT2D eigenvalue weighted by Crippen LogP contribution is -2.53. The summed E-state index contributed by atoms with van der Waals surface area (Å²) < 4.78 is 22.5. The highest BCUT2D eigenvalue weighted by Gasteiger charge is 2.48. The van der Waals surface area contributed by atoms with Crippen LogP contribution in [0.15, 0.2) is 0 Å². The third kappa shape index (κ3) is 6.27. The lowest BCUT2D eigenvalue weighted by molar-refractivity contribution is -0.0716. The lowest BCUT2D eigenvalue weighted by Gasteiger charge is -2.33. The van der Waals surface area contributed by atoms with Gasteiger partial charge in [0.1, 0.15) is 0 Å². The van der Waals surface area contributed by atoms with Crippen LogP contribution in [0.25, 0.3) is 0 Å². The summed E-state index contributed by atoms with van der Waals surface area (Å²) in [5.41, 5.74) is -0.328. The first kappa shape index (κ1) is 15.1. The summed E-state index contributed by atoms with van der Waals surface area (Å²) in [6.45, 7) is 13.2. The smallest absolute Gasteiger partial charge is 0.351 e. The molecule has 0 bridgehead atoms. The van der Waals surface area contributed by atoms with Crippen LogP contribution in [0, 0.1) is 0 Å². The summed E-state index contributed by atoms with van der Waals surface area (Å²) in [4.78, 5) is 0. The minimum absolute atomic E-state index is 0.328. The van der Waals surface area contributed by atoms with Crippen molar-refractivity contribution >= 4 is 9.05 Å². The molecule has 0 saturated carbocycles. The summed E-state index contributed by atoms with van der Waals surface area (Å²) in [6, 6.07) is 0. The summed E-state index contributed by atoms with van der Waals surface area (Å²) in [5, 5.41) is 0. The molecular weight excluding hydrogens is 212 g/mol. The molecule has 4 nitrogen and oxygen atoms in total. The fraction of sp³-hybridized carbons (Fsp3) is 1.00. The van der Waals surface area contributed by atoms with Crippen molar-refractivity contribution in [3.05, 3.63) is 0 Å². The number of hydrogen-bond acceptors (Lipinski definition) is 4. The van der Waals surface area contributed by atoms with Gasteiger partial charge in [-0.25, -0.2) is 0 Å². The second-order valence-electron chi connectivity index (χ2n) is 4.01. The van der Waals surface area contributed by atoms with E-state index in [-0.39, 0.29) is 5.60 Å². The summed E-state index contributed by atoms with van der Waals surface area (Å²) >= 11 is 0. The Balaban J connectivity index is 4.60. The Kier molecular flexibility index (Phi) is 6.62. The standard InChI is InChI=1S/C10H24O4Si/c1-7-11-15(12-8-2,13-9-3)14-10(4,5)6/h7-9H2,1-6H3. The molecule has 15 heavy (non-hydrogen) atoms. The Morgan fingerprint density at radius 1 is 0.800 bits per heavy atom. The normalized spacial score (nSPS) is 13.2. The minimum Gasteiger partial charge on any atom is -0.351 e. The Morgan fingerprint density at radius 2 is 1.13 bits per heavy atom. The van der Waals surface area contributed by atoms with Crippen molar-refractivity contribution in [2.24, 2.45) is 0 Å². The van der Waals surface area contributed by atoms with Crippen LogP contribution >= 0.6 is 0 Å². The van der Waals surface area contributed by atoms with E-state index in [4.69, 9.17) is 17.7 Å². The average molecular weight is 236 g/mol. The molecule has 0 aliphatic carbocycles. The third-order valence-electron chi connectivity index (χ3n) is 1.39. The molecule has 92 valence electrons. The predicted octanol–water partition coefficient (Wildman–Crippen LogP) is 2.35. The highest BCUT2D eigenvalue weighted by Crippen LogP contribution is 2.20. The van der Waals surface area contributed by atoms with E-state index >= 15 is 0 Å². The SMILES string of the molecule is CCO[Si](OCC)(OCC)OC(C)(C)C. The number of rotatable bonds is 7. The van der Waals surface area contributed by atoms with E-state index < -0.39 is 9.05 Å². The predicted molar refractivity (Wildman–Crippen MR) is 61.5 cm³/mol. The summed E-state index contributed by atoms with van der Waals surface area (Å²) in [7, 11) is -2.93. The maximum Gasteiger partial charge on any atom is 0.680 e. The van der Waals surface area contributed by atoms with E-state index in [0.717, 1.165) is 0 Å². The van der Waals surface area contributed by atoms with E-state index in [1.807, 2.05) is 41.5 Å². The molecule has 0 saturated heterocycles. The Labute approximate surface area is 94.4 Å². The van der Waals surface area contributed by atoms with Gasteiger partial charge in [-0.15, -0.1) is 0 Å². The topological polar surface area (TPSA) is 36.9 Å². The van der Waals surface area contributed by atoms with Crippen LogP contribution in [0.2, 0.25) is 0 Å². The van der Waals surface area contributed by atoms with Crippen molar-refractivity contribution in [2.75, 3.05) is 19.8 Å². The van der Waals surface area contributed by atoms with Crippen LogP contribution in [0.4, 0.5) is 0 Å². The molecule has 0 aliphatic heterocycles. The van der Waals surface area contributed by atoms with Gasteiger partial charge in [0.25, 0.3) is 0 Å². The maximum absolute atomic E-state index is 5.82. The van der Waals surface area contributed by atoms with Crippen LogP contribution in [-0.4, -0.2) is 34.5 Å². The molecule has 0 aliphatic rings. The van der Waals surface area contributed by atoms with Gasteiger partial charge in [-0.05, 0) is 41.5 Å². The first-order valence-electron chi connectivity index (χ1n) is 5.51. The van der Waals surface area contributed by atoms with Crippen LogP contribution in [-0.2, 0) is 17.7 Å². The van der Waals surface area contributed by atoms with Crippen LogP contribution in [0.5, 0.6) is 0 Å². The van der Waals surface area contributed by atoms with Gasteiger partial charge in [-0.1, -0.05) is 0 Å².